The Morgan fingerprint density at radius 3 is 2.75 bits per heavy atom. The van der Waals surface area contributed by atoms with Crippen molar-refractivity contribution in [3.63, 3.8) is 0 Å². The number of ether oxygens (including phenoxy) is 1. The summed E-state index contributed by atoms with van der Waals surface area (Å²) >= 11 is 1.19. The molecule has 0 bridgehead atoms. The predicted molar refractivity (Wildman–Crippen MR) is 68.9 cm³/mol. The van der Waals surface area contributed by atoms with Gasteiger partial charge in [0.1, 0.15) is 5.75 Å². The summed E-state index contributed by atoms with van der Waals surface area (Å²) in [6, 6.07) is 3.59. The lowest BCUT2D eigenvalue weighted by Crippen LogP contribution is -2.32. The Balaban J connectivity index is 2.07. The van der Waals surface area contributed by atoms with Crippen molar-refractivity contribution >= 4 is 34.2 Å². The molecule has 0 aromatic heterocycles. The van der Waals surface area contributed by atoms with Crippen molar-refractivity contribution in [3.8, 4) is 5.75 Å². The minimum atomic E-state index is -4.81. The number of anilines is 1. The standard InChI is InChI=1S/C11H8F3NO3S2/c12-11(13,14)18-6-1-2-8-7(5-6)10(9(16)15-8)19-3-4-20(10)17/h1-2,5H,3-4H2,(H,15,16)/t10-,20?/m1/s1. The van der Waals surface area contributed by atoms with E-state index >= 15 is 0 Å². The predicted octanol–water partition coefficient (Wildman–Crippen LogP) is 2.19. The first-order valence-electron chi connectivity index (χ1n) is 5.57. The van der Waals surface area contributed by atoms with Gasteiger partial charge in [-0.15, -0.1) is 24.9 Å². The number of fused-ring (bicyclic) bond motifs is 2. The van der Waals surface area contributed by atoms with Crippen LogP contribution in [-0.2, 0) is 19.7 Å². The molecule has 1 aromatic carbocycles. The summed E-state index contributed by atoms with van der Waals surface area (Å²) in [6.07, 6.45) is -4.81. The normalized spacial score (nSPS) is 28.6. The average molecular weight is 323 g/mol. The summed E-state index contributed by atoms with van der Waals surface area (Å²) in [5, 5.41) is 2.56. The van der Waals surface area contributed by atoms with Crippen molar-refractivity contribution < 1.29 is 26.9 Å². The van der Waals surface area contributed by atoms with Gasteiger partial charge in [0.05, 0.1) is 10.8 Å². The molecular weight excluding hydrogens is 315 g/mol. The van der Waals surface area contributed by atoms with E-state index in [0.717, 1.165) is 12.1 Å². The second-order valence-electron chi connectivity index (χ2n) is 4.22. The van der Waals surface area contributed by atoms with Crippen LogP contribution in [0.15, 0.2) is 18.2 Å². The highest BCUT2D eigenvalue weighted by molar-refractivity contribution is 8.16. The van der Waals surface area contributed by atoms with Crippen LogP contribution in [0.2, 0.25) is 0 Å². The van der Waals surface area contributed by atoms with Gasteiger partial charge in [-0.1, -0.05) is 0 Å². The molecule has 4 nitrogen and oxygen atoms in total. The molecule has 0 radical (unpaired) electrons. The van der Waals surface area contributed by atoms with E-state index in [-0.39, 0.29) is 0 Å². The quantitative estimate of drug-likeness (QED) is 0.861. The zero-order chi connectivity index (χ0) is 14.5. The van der Waals surface area contributed by atoms with Crippen molar-refractivity contribution in [2.45, 2.75) is 10.4 Å². The molecule has 2 aliphatic heterocycles. The summed E-state index contributed by atoms with van der Waals surface area (Å²) in [4.78, 5) is 12.1. The second kappa shape index (κ2) is 4.39. The molecule has 1 N–H and O–H groups in total. The summed E-state index contributed by atoms with van der Waals surface area (Å²) in [5.41, 5.74) is 0.678. The maximum absolute atomic E-state index is 12.2. The number of amides is 1. The van der Waals surface area contributed by atoms with Gasteiger partial charge in [-0.05, 0) is 18.2 Å². The van der Waals surface area contributed by atoms with Crippen LogP contribution in [0.3, 0.4) is 0 Å². The highest BCUT2D eigenvalue weighted by Gasteiger charge is 2.55. The SMILES string of the molecule is O=C1Nc2ccc(OC(F)(F)F)cc2[C@]12SCCS2=O. The molecule has 2 atom stereocenters. The van der Waals surface area contributed by atoms with Gasteiger partial charge >= 0.3 is 6.36 Å². The van der Waals surface area contributed by atoms with Gasteiger partial charge in [0, 0.05) is 22.8 Å². The fraction of sp³-hybridized carbons (Fsp3) is 0.364. The monoisotopic (exact) mass is 323 g/mol. The number of halogens is 3. The maximum Gasteiger partial charge on any atom is 0.573 e. The van der Waals surface area contributed by atoms with Crippen molar-refractivity contribution in [3.05, 3.63) is 23.8 Å². The van der Waals surface area contributed by atoms with E-state index < -0.39 is 32.9 Å². The summed E-state index contributed by atoms with van der Waals surface area (Å²) in [7, 11) is -1.47. The number of alkyl halides is 3. The number of carbonyl (C=O) groups excluding carboxylic acids is 1. The molecule has 1 amide bonds. The lowest BCUT2D eigenvalue weighted by molar-refractivity contribution is -0.274. The maximum atomic E-state index is 12.2. The van der Waals surface area contributed by atoms with Crippen molar-refractivity contribution in [1.29, 1.82) is 0 Å². The van der Waals surface area contributed by atoms with Gasteiger partial charge in [0.15, 0.2) is 4.08 Å². The van der Waals surface area contributed by atoms with Crippen LogP contribution in [0.1, 0.15) is 5.56 Å². The van der Waals surface area contributed by atoms with E-state index in [4.69, 9.17) is 0 Å². The van der Waals surface area contributed by atoms with Crippen LogP contribution in [0, 0.1) is 0 Å². The third-order valence-corrected chi connectivity index (χ3v) is 7.03. The molecule has 1 unspecified atom stereocenters. The first kappa shape index (κ1) is 13.7. The second-order valence-corrected chi connectivity index (χ2v) is 7.50. The van der Waals surface area contributed by atoms with Crippen LogP contribution >= 0.6 is 11.8 Å². The fourth-order valence-electron chi connectivity index (χ4n) is 2.27. The van der Waals surface area contributed by atoms with Crippen LogP contribution in [-0.4, -0.2) is 28.0 Å². The van der Waals surface area contributed by atoms with Crippen molar-refractivity contribution in [2.24, 2.45) is 0 Å². The Kier molecular flexibility index (Phi) is 3.02. The lowest BCUT2D eigenvalue weighted by atomic mass is 10.1. The molecule has 1 spiro atoms. The van der Waals surface area contributed by atoms with E-state index in [1.165, 1.54) is 17.8 Å². The Morgan fingerprint density at radius 2 is 2.15 bits per heavy atom. The molecule has 3 rings (SSSR count). The van der Waals surface area contributed by atoms with E-state index in [2.05, 4.69) is 10.1 Å². The molecule has 0 aliphatic carbocycles. The summed E-state index contributed by atoms with van der Waals surface area (Å²) in [6.45, 7) is 0. The molecule has 1 fully saturated rings. The third-order valence-electron chi connectivity index (χ3n) is 3.02. The van der Waals surface area contributed by atoms with Gasteiger partial charge in [-0.3, -0.25) is 9.00 Å². The topological polar surface area (TPSA) is 55.4 Å². The molecule has 0 saturated carbocycles. The Labute approximate surface area is 118 Å². The van der Waals surface area contributed by atoms with Crippen LogP contribution in [0.5, 0.6) is 5.75 Å². The zero-order valence-corrected chi connectivity index (χ0v) is 11.5. The highest BCUT2D eigenvalue weighted by Crippen LogP contribution is 2.52. The first-order chi connectivity index (χ1) is 9.33. The number of hydrogen-bond donors (Lipinski definition) is 1. The lowest BCUT2D eigenvalue weighted by Gasteiger charge is -2.19. The highest BCUT2D eigenvalue weighted by atomic mass is 32.2. The largest absolute Gasteiger partial charge is 0.573 e. The molecule has 1 saturated heterocycles. The fourth-order valence-corrected chi connectivity index (χ4v) is 5.99. The van der Waals surface area contributed by atoms with Gasteiger partial charge in [0.25, 0.3) is 5.91 Å². The van der Waals surface area contributed by atoms with E-state index in [1.807, 2.05) is 0 Å². The van der Waals surface area contributed by atoms with E-state index in [9.17, 15) is 22.2 Å². The van der Waals surface area contributed by atoms with Crippen LogP contribution < -0.4 is 10.1 Å². The number of thioether (sulfide) groups is 1. The summed E-state index contributed by atoms with van der Waals surface area (Å²) in [5.74, 6) is -0.0137. The Morgan fingerprint density at radius 1 is 1.40 bits per heavy atom. The Hall–Kier alpha value is -1.22. The van der Waals surface area contributed by atoms with Gasteiger partial charge < -0.3 is 10.1 Å². The Bertz CT molecular complexity index is 619. The van der Waals surface area contributed by atoms with Crippen LogP contribution in [0.4, 0.5) is 18.9 Å². The molecule has 9 heteroatoms. The van der Waals surface area contributed by atoms with Gasteiger partial charge in [-0.2, -0.15) is 0 Å². The third kappa shape index (κ3) is 1.99. The molecule has 2 heterocycles. The summed E-state index contributed by atoms with van der Waals surface area (Å²) < 4.78 is 51.4. The number of hydrogen-bond acceptors (Lipinski definition) is 4. The van der Waals surface area contributed by atoms with Crippen molar-refractivity contribution in [2.75, 3.05) is 16.8 Å². The molecule has 108 valence electrons. The molecule has 2 aliphatic rings. The minimum Gasteiger partial charge on any atom is -0.406 e. The number of rotatable bonds is 1. The number of nitrogens with one attached hydrogen (secondary N) is 1. The zero-order valence-electron chi connectivity index (χ0n) is 9.82. The number of carbonyl (C=O) groups is 1. The minimum absolute atomic E-state index is 0.296. The average Bonchev–Trinajstić information content (AvgIpc) is 2.83. The van der Waals surface area contributed by atoms with Gasteiger partial charge in [-0.25, -0.2) is 0 Å². The molecule has 1 aromatic rings. The van der Waals surface area contributed by atoms with Gasteiger partial charge in [0.2, 0.25) is 0 Å². The molecular formula is C11H8F3NO3S2. The smallest absolute Gasteiger partial charge is 0.406 e. The van der Waals surface area contributed by atoms with E-state index in [1.54, 1.807) is 0 Å². The first-order valence-corrected chi connectivity index (χ1v) is 7.87. The number of benzene rings is 1. The van der Waals surface area contributed by atoms with E-state index in [0.29, 0.717) is 22.8 Å². The molecule has 20 heavy (non-hydrogen) atoms. The van der Waals surface area contributed by atoms with Crippen molar-refractivity contribution in [1.82, 2.24) is 0 Å². The van der Waals surface area contributed by atoms with Crippen LogP contribution in [0.25, 0.3) is 0 Å².